The van der Waals surface area contributed by atoms with Gasteiger partial charge in [-0.25, -0.2) is 9.78 Å². The van der Waals surface area contributed by atoms with Crippen molar-refractivity contribution in [2.45, 2.75) is 45.3 Å². The van der Waals surface area contributed by atoms with E-state index >= 15 is 0 Å². The van der Waals surface area contributed by atoms with Gasteiger partial charge >= 0.3 is 6.09 Å². The number of benzene rings is 1. The first-order valence-electron chi connectivity index (χ1n) is 11.3. The van der Waals surface area contributed by atoms with Crippen LogP contribution in [0.5, 0.6) is 5.75 Å². The third-order valence-corrected chi connectivity index (χ3v) is 6.07. The van der Waals surface area contributed by atoms with E-state index in [9.17, 15) is 4.79 Å². The minimum atomic E-state index is -0.525. The molecule has 0 aliphatic carbocycles. The molecule has 0 bridgehead atoms. The Morgan fingerprint density at radius 1 is 1.12 bits per heavy atom. The standard InChI is InChI=1S/C25H26BrN5O3/c1-25(2,3)34-24(32)30-13-5-7-18(15-30)33-20-8-4-6-16-9-11-19(27-22(16)20)23-29-28-21-12-10-17(26)14-31(21)23/h4,6,8-12,14,18H,5,7,13,15H2,1-3H3. The number of carbonyl (C=O) groups is 1. The zero-order chi connectivity index (χ0) is 23.9. The summed E-state index contributed by atoms with van der Waals surface area (Å²) in [5, 5.41) is 9.57. The minimum Gasteiger partial charge on any atom is -0.486 e. The molecule has 34 heavy (non-hydrogen) atoms. The Balaban J connectivity index is 1.43. The molecule has 0 spiro atoms. The molecule has 5 rings (SSSR count). The van der Waals surface area contributed by atoms with Crippen LogP contribution in [-0.2, 0) is 4.74 Å². The van der Waals surface area contributed by atoms with Crippen LogP contribution in [0, 0.1) is 0 Å². The number of carbonyl (C=O) groups excluding carboxylic acids is 1. The van der Waals surface area contributed by atoms with Crippen molar-refractivity contribution in [3.8, 4) is 17.3 Å². The maximum atomic E-state index is 12.5. The van der Waals surface area contributed by atoms with Gasteiger partial charge in [0.1, 0.15) is 28.7 Å². The number of halogens is 1. The van der Waals surface area contributed by atoms with Crippen molar-refractivity contribution in [1.29, 1.82) is 0 Å². The second-order valence-electron chi connectivity index (χ2n) is 9.43. The number of amides is 1. The van der Waals surface area contributed by atoms with E-state index in [0.717, 1.165) is 33.9 Å². The van der Waals surface area contributed by atoms with E-state index in [1.54, 1.807) is 4.90 Å². The summed E-state index contributed by atoms with van der Waals surface area (Å²) in [6, 6.07) is 13.7. The summed E-state index contributed by atoms with van der Waals surface area (Å²) in [4.78, 5) is 19.2. The number of para-hydroxylation sites is 1. The third kappa shape index (κ3) is 4.70. The quantitative estimate of drug-likeness (QED) is 0.353. The molecule has 3 aromatic heterocycles. The normalized spacial score (nSPS) is 16.7. The molecule has 8 nitrogen and oxygen atoms in total. The summed E-state index contributed by atoms with van der Waals surface area (Å²) >= 11 is 3.51. The Morgan fingerprint density at radius 3 is 2.79 bits per heavy atom. The second-order valence-corrected chi connectivity index (χ2v) is 10.3. The Bertz CT molecular complexity index is 1360. The highest BCUT2D eigenvalue weighted by Gasteiger charge is 2.29. The molecule has 4 heterocycles. The second kappa shape index (κ2) is 8.87. The SMILES string of the molecule is CC(C)(C)OC(=O)N1CCCC(Oc2cccc3ccc(-c4nnc5ccc(Br)cn45)nc23)C1. The van der Waals surface area contributed by atoms with Gasteiger partial charge in [-0.05, 0) is 73.8 Å². The third-order valence-electron chi connectivity index (χ3n) is 5.60. The van der Waals surface area contributed by atoms with E-state index in [2.05, 4.69) is 26.1 Å². The summed E-state index contributed by atoms with van der Waals surface area (Å²) in [5.41, 5.74) is 1.67. The van der Waals surface area contributed by atoms with Crippen LogP contribution in [0.3, 0.4) is 0 Å². The predicted molar refractivity (Wildman–Crippen MR) is 133 cm³/mol. The lowest BCUT2D eigenvalue weighted by Gasteiger charge is -2.34. The van der Waals surface area contributed by atoms with Crippen molar-refractivity contribution in [2.75, 3.05) is 13.1 Å². The molecule has 4 aromatic rings. The summed E-state index contributed by atoms with van der Waals surface area (Å²) in [6.07, 6.45) is 3.20. The van der Waals surface area contributed by atoms with Crippen molar-refractivity contribution >= 4 is 38.6 Å². The molecule has 9 heteroatoms. The van der Waals surface area contributed by atoms with E-state index in [1.807, 2.05) is 73.8 Å². The molecule has 1 unspecified atom stereocenters. The van der Waals surface area contributed by atoms with Gasteiger partial charge in [0.05, 0.1) is 6.54 Å². The highest BCUT2D eigenvalue weighted by atomic mass is 79.9. The average Bonchev–Trinajstić information content (AvgIpc) is 3.21. The summed E-state index contributed by atoms with van der Waals surface area (Å²) in [6.45, 7) is 6.77. The first-order chi connectivity index (χ1) is 16.3. The number of ether oxygens (including phenoxy) is 2. The summed E-state index contributed by atoms with van der Waals surface area (Å²) < 4.78 is 14.8. The van der Waals surface area contributed by atoms with Gasteiger partial charge in [0.2, 0.25) is 0 Å². The molecule has 1 fully saturated rings. The van der Waals surface area contributed by atoms with Gasteiger partial charge in [0.15, 0.2) is 11.5 Å². The summed E-state index contributed by atoms with van der Waals surface area (Å²) in [7, 11) is 0. The topological polar surface area (TPSA) is 81.8 Å². The number of hydrogen-bond acceptors (Lipinski definition) is 6. The van der Waals surface area contributed by atoms with Crippen molar-refractivity contribution in [1.82, 2.24) is 24.5 Å². The van der Waals surface area contributed by atoms with Crippen LogP contribution in [0.4, 0.5) is 4.79 Å². The van der Waals surface area contributed by atoms with Crippen LogP contribution in [0.2, 0.25) is 0 Å². The van der Waals surface area contributed by atoms with Crippen LogP contribution in [-0.4, -0.2) is 55.4 Å². The Morgan fingerprint density at radius 2 is 1.97 bits per heavy atom. The number of piperidine rings is 1. The Kier molecular flexibility index (Phi) is 5.89. The molecule has 1 amide bonds. The van der Waals surface area contributed by atoms with E-state index in [1.165, 1.54) is 0 Å². The van der Waals surface area contributed by atoms with Crippen molar-refractivity contribution in [3.63, 3.8) is 0 Å². The fourth-order valence-corrected chi connectivity index (χ4v) is 4.42. The number of nitrogens with zero attached hydrogens (tertiary/aromatic N) is 5. The van der Waals surface area contributed by atoms with Gasteiger partial charge in [-0.2, -0.15) is 0 Å². The minimum absolute atomic E-state index is 0.137. The van der Waals surface area contributed by atoms with Crippen molar-refractivity contribution < 1.29 is 14.3 Å². The van der Waals surface area contributed by atoms with Gasteiger partial charge < -0.3 is 14.4 Å². The molecule has 1 aliphatic heterocycles. The zero-order valence-corrected chi connectivity index (χ0v) is 20.9. The predicted octanol–water partition coefficient (Wildman–Crippen LogP) is 5.49. The van der Waals surface area contributed by atoms with Crippen LogP contribution < -0.4 is 4.74 Å². The average molecular weight is 524 g/mol. The van der Waals surface area contributed by atoms with Gasteiger partial charge in [-0.1, -0.05) is 18.2 Å². The van der Waals surface area contributed by atoms with Crippen molar-refractivity contribution in [3.05, 3.63) is 53.1 Å². The van der Waals surface area contributed by atoms with Gasteiger partial charge in [-0.15, -0.1) is 10.2 Å². The number of hydrogen-bond donors (Lipinski definition) is 0. The molecule has 0 radical (unpaired) electrons. The van der Waals surface area contributed by atoms with Crippen LogP contribution in [0.25, 0.3) is 28.1 Å². The van der Waals surface area contributed by atoms with Gasteiger partial charge in [0.25, 0.3) is 0 Å². The van der Waals surface area contributed by atoms with Crippen LogP contribution >= 0.6 is 15.9 Å². The Labute approximate surface area is 206 Å². The largest absolute Gasteiger partial charge is 0.486 e. The highest BCUT2D eigenvalue weighted by molar-refractivity contribution is 9.10. The molecule has 1 atom stereocenters. The molecule has 1 saturated heterocycles. The lowest BCUT2D eigenvalue weighted by Crippen LogP contribution is -2.46. The zero-order valence-electron chi connectivity index (χ0n) is 19.4. The smallest absolute Gasteiger partial charge is 0.410 e. The molecule has 1 aliphatic rings. The lowest BCUT2D eigenvalue weighted by atomic mass is 10.1. The van der Waals surface area contributed by atoms with E-state index in [4.69, 9.17) is 14.5 Å². The maximum Gasteiger partial charge on any atom is 0.410 e. The van der Waals surface area contributed by atoms with E-state index < -0.39 is 5.60 Å². The number of pyridine rings is 2. The first-order valence-corrected chi connectivity index (χ1v) is 12.1. The van der Waals surface area contributed by atoms with Gasteiger partial charge in [-0.3, -0.25) is 4.40 Å². The molecule has 1 aromatic carbocycles. The number of rotatable bonds is 3. The van der Waals surface area contributed by atoms with Crippen molar-refractivity contribution in [2.24, 2.45) is 0 Å². The highest BCUT2D eigenvalue weighted by Crippen LogP contribution is 2.29. The van der Waals surface area contributed by atoms with Crippen LogP contribution in [0.1, 0.15) is 33.6 Å². The molecular weight excluding hydrogens is 498 g/mol. The number of fused-ring (bicyclic) bond motifs is 2. The number of likely N-dealkylation sites (tertiary alicyclic amines) is 1. The maximum absolute atomic E-state index is 12.5. The van der Waals surface area contributed by atoms with E-state index in [0.29, 0.717) is 30.4 Å². The van der Waals surface area contributed by atoms with Gasteiger partial charge in [0, 0.05) is 22.6 Å². The van der Waals surface area contributed by atoms with E-state index in [-0.39, 0.29) is 12.2 Å². The fraction of sp³-hybridized carbons (Fsp3) is 0.360. The molecule has 0 saturated carbocycles. The molecule has 176 valence electrons. The Hall–Kier alpha value is -3.20. The molecule has 0 N–H and O–H groups in total. The summed E-state index contributed by atoms with van der Waals surface area (Å²) in [5.74, 6) is 1.34. The monoisotopic (exact) mass is 523 g/mol. The first kappa shape index (κ1) is 22.6. The number of aromatic nitrogens is 4. The van der Waals surface area contributed by atoms with Crippen LogP contribution in [0.15, 0.2) is 53.1 Å². The lowest BCUT2D eigenvalue weighted by molar-refractivity contribution is 0.00792. The molecular formula is C25H26BrN5O3. The fourth-order valence-electron chi connectivity index (χ4n) is 4.09.